The standard InChI is InChI=1S/C22H17NO3S2/c1-26-15-10-8-14(9-11-15)20-21(25)17-6-2-3-7-18(17)28-22(20)23-19(24)13-16-5-4-12-27-16/h2-12H,13H2,1H3,(H,23,24). The van der Waals surface area contributed by atoms with Crippen LogP contribution in [0, 0.1) is 0 Å². The van der Waals surface area contributed by atoms with Crippen LogP contribution in [0.25, 0.3) is 21.2 Å². The molecule has 0 unspecified atom stereocenters. The summed E-state index contributed by atoms with van der Waals surface area (Å²) in [6.07, 6.45) is 0.285. The molecular formula is C22H17NO3S2. The largest absolute Gasteiger partial charge is 0.497 e. The molecule has 0 saturated carbocycles. The van der Waals surface area contributed by atoms with E-state index in [-0.39, 0.29) is 17.8 Å². The highest BCUT2D eigenvalue weighted by molar-refractivity contribution is 7.22. The topological polar surface area (TPSA) is 55.4 Å². The van der Waals surface area contributed by atoms with E-state index in [2.05, 4.69) is 5.32 Å². The molecule has 0 aliphatic heterocycles. The maximum atomic E-state index is 13.2. The van der Waals surface area contributed by atoms with E-state index in [1.54, 1.807) is 7.11 Å². The highest BCUT2D eigenvalue weighted by atomic mass is 32.1. The second-order valence-corrected chi connectivity index (χ2v) is 8.25. The number of amides is 1. The van der Waals surface area contributed by atoms with E-state index < -0.39 is 0 Å². The number of hydrogen-bond acceptors (Lipinski definition) is 5. The van der Waals surface area contributed by atoms with Crippen molar-refractivity contribution in [2.24, 2.45) is 0 Å². The zero-order valence-corrected chi connectivity index (χ0v) is 16.7. The van der Waals surface area contributed by atoms with E-state index in [9.17, 15) is 9.59 Å². The lowest BCUT2D eigenvalue weighted by Gasteiger charge is -2.12. The lowest BCUT2D eigenvalue weighted by molar-refractivity contribution is -0.115. The average Bonchev–Trinajstić information content (AvgIpc) is 3.21. The van der Waals surface area contributed by atoms with Crippen LogP contribution in [0.4, 0.5) is 5.00 Å². The fourth-order valence-electron chi connectivity index (χ4n) is 2.99. The Hall–Kier alpha value is -2.96. The van der Waals surface area contributed by atoms with Gasteiger partial charge in [0.1, 0.15) is 10.8 Å². The van der Waals surface area contributed by atoms with Crippen LogP contribution in [-0.4, -0.2) is 13.0 Å². The SMILES string of the molecule is COc1ccc(-c2c(NC(=O)Cc3cccs3)sc3ccccc3c2=O)cc1. The van der Waals surface area contributed by atoms with Gasteiger partial charge >= 0.3 is 0 Å². The van der Waals surface area contributed by atoms with Crippen LogP contribution in [0.1, 0.15) is 4.88 Å². The number of thiophene rings is 1. The lowest BCUT2D eigenvalue weighted by atomic mass is 10.1. The number of carbonyl (C=O) groups excluding carboxylic acids is 1. The van der Waals surface area contributed by atoms with Gasteiger partial charge in [-0.25, -0.2) is 0 Å². The maximum absolute atomic E-state index is 13.2. The first kappa shape index (κ1) is 18.4. The van der Waals surface area contributed by atoms with E-state index in [4.69, 9.17) is 4.74 Å². The van der Waals surface area contributed by atoms with Crippen LogP contribution in [0.5, 0.6) is 5.75 Å². The average molecular weight is 408 g/mol. The molecule has 4 rings (SSSR count). The van der Waals surface area contributed by atoms with Crippen LogP contribution >= 0.6 is 22.7 Å². The third-order valence-electron chi connectivity index (χ3n) is 4.34. The Bertz CT molecular complexity index is 1180. The van der Waals surface area contributed by atoms with Gasteiger partial charge in [0.2, 0.25) is 5.91 Å². The fourth-order valence-corrected chi connectivity index (χ4v) is 4.81. The Morgan fingerprint density at radius 2 is 1.82 bits per heavy atom. The van der Waals surface area contributed by atoms with Gasteiger partial charge in [0.25, 0.3) is 0 Å². The van der Waals surface area contributed by atoms with Crippen molar-refractivity contribution in [3.05, 3.63) is 81.1 Å². The first-order valence-corrected chi connectivity index (χ1v) is 10.4. The molecule has 1 amide bonds. The minimum atomic E-state index is -0.136. The molecule has 0 aliphatic rings. The number of hydrogen-bond donors (Lipinski definition) is 1. The first-order valence-electron chi connectivity index (χ1n) is 8.68. The zero-order valence-electron chi connectivity index (χ0n) is 15.1. The summed E-state index contributed by atoms with van der Waals surface area (Å²) in [4.78, 5) is 26.8. The molecule has 4 nitrogen and oxygen atoms in total. The maximum Gasteiger partial charge on any atom is 0.230 e. The second kappa shape index (κ2) is 7.96. The predicted molar refractivity (Wildman–Crippen MR) is 117 cm³/mol. The smallest absolute Gasteiger partial charge is 0.230 e. The van der Waals surface area contributed by atoms with Crippen LogP contribution in [0.15, 0.2) is 70.8 Å². The third kappa shape index (κ3) is 3.69. The third-order valence-corrected chi connectivity index (χ3v) is 6.31. The van der Waals surface area contributed by atoms with Gasteiger partial charge in [0, 0.05) is 15.0 Å². The number of fused-ring (bicyclic) bond motifs is 1. The Morgan fingerprint density at radius 3 is 2.54 bits per heavy atom. The van der Waals surface area contributed by atoms with Gasteiger partial charge in [-0.15, -0.1) is 22.7 Å². The van der Waals surface area contributed by atoms with Gasteiger partial charge in [0.15, 0.2) is 5.43 Å². The molecule has 0 atom stereocenters. The Kier molecular flexibility index (Phi) is 5.23. The van der Waals surface area contributed by atoms with Crippen molar-refractivity contribution < 1.29 is 9.53 Å². The zero-order chi connectivity index (χ0) is 19.5. The van der Waals surface area contributed by atoms with Gasteiger partial charge in [-0.2, -0.15) is 0 Å². The van der Waals surface area contributed by atoms with Crippen molar-refractivity contribution in [1.29, 1.82) is 0 Å². The molecule has 0 radical (unpaired) electrons. The summed E-state index contributed by atoms with van der Waals surface area (Å²) in [5, 5.41) is 6.12. The number of carbonyl (C=O) groups is 1. The molecule has 2 heterocycles. The molecule has 2 aromatic heterocycles. The van der Waals surface area contributed by atoms with Crippen molar-refractivity contribution in [2.75, 3.05) is 12.4 Å². The predicted octanol–water partition coefficient (Wildman–Crippen LogP) is 5.18. The summed E-state index contributed by atoms with van der Waals surface area (Å²) >= 11 is 2.95. The van der Waals surface area contributed by atoms with Gasteiger partial charge in [-0.1, -0.05) is 30.3 Å². The quantitative estimate of drug-likeness (QED) is 0.496. The van der Waals surface area contributed by atoms with E-state index in [0.29, 0.717) is 21.7 Å². The van der Waals surface area contributed by atoms with Crippen molar-refractivity contribution >= 4 is 43.7 Å². The highest BCUT2D eigenvalue weighted by Crippen LogP contribution is 2.34. The molecule has 0 spiro atoms. The van der Waals surface area contributed by atoms with Gasteiger partial charge in [-0.05, 0) is 41.3 Å². The summed E-state index contributed by atoms with van der Waals surface area (Å²) in [6, 6.07) is 18.6. The molecule has 0 fully saturated rings. The van der Waals surface area contributed by atoms with Gasteiger partial charge < -0.3 is 10.1 Å². The monoisotopic (exact) mass is 407 g/mol. The Balaban J connectivity index is 1.80. The van der Waals surface area contributed by atoms with Crippen LogP contribution in [0.2, 0.25) is 0 Å². The summed E-state index contributed by atoms with van der Waals surface area (Å²) in [5.41, 5.74) is 1.16. The molecule has 6 heteroatoms. The van der Waals surface area contributed by atoms with Crippen molar-refractivity contribution in [3.63, 3.8) is 0 Å². The van der Waals surface area contributed by atoms with E-state index in [0.717, 1.165) is 15.1 Å². The number of anilines is 1. The molecule has 0 saturated heterocycles. The molecule has 2 aromatic carbocycles. The number of benzene rings is 2. The van der Waals surface area contributed by atoms with Crippen LogP contribution < -0.4 is 15.5 Å². The van der Waals surface area contributed by atoms with Gasteiger partial charge in [0.05, 0.1) is 19.1 Å². The number of methoxy groups -OCH3 is 1. The normalized spacial score (nSPS) is 10.8. The Labute approximate surface area is 170 Å². The summed E-state index contributed by atoms with van der Waals surface area (Å²) < 4.78 is 6.06. The first-order chi connectivity index (χ1) is 13.7. The van der Waals surface area contributed by atoms with Crippen molar-refractivity contribution in [2.45, 2.75) is 6.42 Å². The Morgan fingerprint density at radius 1 is 1.04 bits per heavy atom. The molecule has 140 valence electrons. The molecule has 4 aromatic rings. The van der Waals surface area contributed by atoms with Crippen molar-refractivity contribution in [3.8, 4) is 16.9 Å². The minimum Gasteiger partial charge on any atom is -0.497 e. The van der Waals surface area contributed by atoms with Gasteiger partial charge in [-0.3, -0.25) is 9.59 Å². The highest BCUT2D eigenvalue weighted by Gasteiger charge is 2.17. The van der Waals surface area contributed by atoms with E-state index in [1.165, 1.54) is 22.7 Å². The fraction of sp³-hybridized carbons (Fsp3) is 0.0909. The summed E-state index contributed by atoms with van der Waals surface area (Å²) in [5.74, 6) is 0.576. The molecule has 0 aliphatic carbocycles. The van der Waals surface area contributed by atoms with Crippen LogP contribution in [-0.2, 0) is 11.2 Å². The summed E-state index contributed by atoms with van der Waals surface area (Å²) in [6.45, 7) is 0. The summed E-state index contributed by atoms with van der Waals surface area (Å²) in [7, 11) is 1.60. The molecular weight excluding hydrogens is 390 g/mol. The number of nitrogens with one attached hydrogen (secondary N) is 1. The van der Waals surface area contributed by atoms with Crippen molar-refractivity contribution in [1.82, 2.24) is 0 Å². The second-order valence-electron chi connectivity index (χ2n) is 6.16. The molecule has 1 N–H and O–H groups in total. The number of ether oxygens (including phenoxy) is 1. The minimum absolute atomic E-state index is 0.0917. The van der Waals surface area contributed by atoms with E-state index >= 15 is 0 Å². The molecule has 0 bridgehead atoms. The molecule has 28 heavy (non-hydrogen) atoms. The lowest BCUT2D eigenvalue weighted by Crippen LogP contribution is -2.16. The number of rotatable bonds is 5. The van der Waals surface area contributed by atoms with Crippen LogP contribution in [0.3, 0.4) is 0 Å². The van der Waals surface area contributed by atoms with E-state index in [1.807, 2.05) is 66.0 Å².